The van der Waals surface area contributed by atoms with Crippen molar-refractivity contribution in [1.82, 2.24) is 4.90 Å². The van der Waals surface area contributed by atoms with Crippen molar-refractivity contribution >= 4 is 17.5 Å². The van der Waals surface area contributed by atoms with Crippen LogP contribution in [-0.4, -0.2) is 22.7 Å². The zero-order valence-corrected chi connectivity index (χ0v) is 10.2. The molecule has 1 aromatic rings. The largest absolute Gasteiger partial charge is 0.334 e. The fourth-order valence-electron chi connectivity index (χ4n) is 2.30. The molecule has 1 aliphatic heterocycles. The molecule has 0 spiro atoms. The van der Waals surface area contributed by atoms with Gasteiger partial charge in [0, 0.05) is 13.0 Å². The van der Waals surface area contributed by atoms with Crippen molar-refractivity contribution < 1.29 is 4.79 Å². The molecule has 2 rings (SSSR count). The second kappa shape index (κ2) is 4.88. The van der Waals surface area contributed by atoms with Crippen molar-refractivity contribution in [3.63, 3.8) is 0 Å². The minimum Gasteiger partial charge on any atom is -0.334 e. The molecule has 2 nitrogen and oxygen atoms in total. The molecule has 0 radical (unpaired) electrons. The molecule has 1 saturated heterocycles. The molecule has 1 aliphatic rings. The third-order valence-corrected chi connectivity index (χ3v) is 3.35. The number of benzene rings is 1. The molecule has 0 aromatic heterocycles. The van der Waals surface area contributed by atoms with Crippen LogP contribution in [0.3, 0.4) is 0 Å². The van der Waals surface area contributed by atoms with Gasteiger partial charge in [0.2, 0.25) is 5.91 Å². The third-order valence-electron chi connectivity index (χ3n) is 3.06. The van der Waals surface area contributed by atoms with Crippen molar-refractivity contribution in [2.45, 2.75) is 31.2 Å². The Morgan fingerprint density at radius 3 is 2.62 bits per heavy atom. The Morgan fingerprint density at radius 2 is 2.12 bits per heavy atom. The van der Waals surface area contributed by atoms with Crippen LogP contribution in [0.5, 0.6) is 0 Å². The predicted octanol–water partition coefficient (Wildman–Crippen LogP) is 2.98. The molecule has 16 heavy (non-hydrogen) atoms. The van der Waals surface area contributed by atoms with E-state index in [1.165, 1.54) is 5.56 Å². The second-order valence-electron chi connectivity index (χ2n) is 4.18. The summed E-state index contributed by atoms with van der Waals surface area (Å²) >= 11 is 6.03. The highest BCUT2D eigenvalue weighted by molar-refractivity contribution is 6.22. The fourth-order valence-corrected chi connectivity index (χ4v) is 2.58. The quantitative estimate of drug-likeness (QED) is 0.741. The molecule has 2 atom stereocenters. The zero-order valence-electron chi connectivity index (χ0n) is 9.40. The van der Waals surface area contributed by atoms with E-state index in [1.807, 2.05) is 23.1 Å². The molecule has 3 heteroatoms. The second-order valence-corrected chi connectivity index (χ2v) is 4.80. The summed E-state index contributed by atoms with van der Waals surface area (Å²) in [6.07, 6.45) is 1.41. The lowest BCUT2D eigenvalue weighted by Crippen LogP contribution is -2.30. The standard InChI is InChI=1S/C13H16ClNO/c1-2-12(10-6-4-3-5-7-10)15-9-11(14)8-13(15)16/h3-7,11-12H,2,8-9H2,1H3. The van der Waals surface area contributed by atoms with Crippen LogP contribution < -0.4 is 0 Å². The number of amides is 1. The molecule has 2 unspecified atom stereocenters. The number of carbonyl (C=O) groups excluding carboxylic acids is 1. The summed E-state index contributed by atoms with van der Waals surface area (Å²) in [6.45, 7) is 2.78. The average molecular weight is 238 g/mol. The smallest absolute Gasteiger partial charge is 0.224 e. The molecule has 1 fully saturated rings. The van der Waals surface area contributed by atoms with E-state index in [2.05, 4.69) is 19.1 Å². The summed E-state index contributed by atoms with van der Waals surface area (Å²) in [4.78, 5) is 13.7. The van der Waals surface area contributed by atoms with Gasteiger partial charge < -0.3 is 4.90 Å². The van der Waals surface area contributed by atoms with Crippen LogP contribution in [0.25, 0.3) is 0 Å². The van der Waals surface area contributed by atoms with Crippen LogP contribution in [0, 0.1) is 0 Å². The lowest BCUT2D eigenvalue weighted by atomic mass is 10.0. The van der Waals surface area contributed by atoms with E-state index in [9.17, 15) is 4.79 Å². The first-order valence-electron chi connectivity index (χ1n) is 5.71. The first kappa shape index (κ1) is 11.5. The van der Waals surface area contributed by atoms with Gasteiger partial charge in [-0.25, -0.2) is 0 Å². The molecular weight excluding hydrogens is 222 g/mol. The van der Waals surface area contributed by atoms with Gasteiger partial charge in [0.15, 0.2) is 0 Å². The Balaban J connectivity index is 2.20. The summed E-state index contributed by atoms with van der Waals surface area (Å²) in [5.74, 6) is 0.177. The topological polar surface area (TPSA) is 20.3 Å². The summed E-state index contributed by atoms with van der Waals surface area (Å²) in [6, 6.07) is 10.3. The molecular formula is C13H16ClNO. The van der Waals surface area contributed by atoms with Gasteiger partial charge in [0.25, 0.3) is 0 Å². The number of rotatable bonds is 3. The van der Waals surface area contributed by atoms with Crippen LogP contribution in [0.1, 0.15) is 31.4 Å². The molecule has 0 aliphatic carbocycles. The molecule has 1 aromatic carbocycles. The van der Waals surface area contributed by atoms with Gasteiger partial charge in [-0.15, -0.1) is 11.6 Å². The van der Waals surface area contributed by atoms with Gasteiger partial charge in [-0.1, -0.05) is 37.3 Å². The SMILES string of the molecule is CCC(c1ccccc1)N1CC(Cl)CC1=O. The number of halogens is 1. The van der Waals surface area contributed by atoms with E-state index in [0.717, 1.165) is 6.42 Å². The van der Waals surface area contributed by atoms with Crippen molar-refractivity contribution in [2.75, 3.05) is 6.54 Å². The Labute approximate surface area is 101 Å². The zero-order chi connectivity index (χ0) is 11.5. The number of hydrogen-bond acceptors (Lipinski definition) is 1. The Bertz CT molecular complexity index is 365. The number of hydrogen-bond donors (Lipinski definition) is 0. The monoisotopic (exact) mass is 237 g/mol. The number of carbonyl (C=O) groups is 1. The lowest BCUT2D eigenvalue weighted by Gasteiger charge is -2.27. The summed E-state index contributed by atoms with van der Waals surface area (Å²) in [5, 5.41) is -0.0229. The Hall–Kier alpha value is -1.02. The minimum absolute atomic E-state index is 0.0229. The number of nitrogens with zero attached hydrogens (tertiary/aromatic N) is 1. The number of alkyl halides is 1. The van der Waals surface area contributed by atoms with E-state index < -0.39 is 0 Å². The van der Waals surface area contributed by atoms with Crippen LogP contribution >= 0.6 is 11.6 Å². The fraction of sp³-hybridized carbons (Fsp3) is 0.462. The van der Waals surface area contributed by atoms with E-state index >= 15 is 0 Å². The van der Waals surface area contributed by atoms with Gasteiger partial charge in [0.1, 0.15) is 0 Å². The van der Waals surface area contributed by atoms with Gasteiger partial charge in [0.05, 0.1) is 11.4 Å². The first-order chi connectivity index (χ1) is 7.72. The molecule has 86 valence electrons. The molecule has 0 bridgehead atoms. The van der Waals surface area contributed by atoms with Crippen LogP contribution in [0.4, 0.5) is 0 Å². The van der Waals surface area contributed by atoms with E-state index in [1.54, 1.807) is 0 Å². The van der Waals surface area contributed by atoms with Gasteiger partial charge in [-0.05, 0) is 12.0 Å². The van der Waals surface area contributed by atoms with Crippen molar-refractivity contribution in [2.24, 2.45) is 0 Å². The lowest BCUT2D eigenvalue weighted by molar-refractivity contribution is -0.129. The Morgan fingerprint density at radius 1 is 1.44 bits per heavy atom. The maximum Gasteiger partial charge on any atom is 0.224 e. The van der Waals surface area contributed by atoms with Crippen LogP contribution in [0.2, 0.25) is 0 Å². The van der Waals surface area contributed by atoms with E-state index in [0.29, 0.717) is 13.0 Å². The molecule has 0 saturated carbocycles. The molecule has 1 heterocycles. The normalized spacial score (nSPS) is 22.5. The highest BCUT2D eigenvalue weighted by Gasteiger charge is 2.32. The van der Waals surface area contributed by atoms with Crippen molar-refractivity contribution in [3.8, 4) is 0 Å². The molecule has 1 amide bonds. The predicted molar refractivity (Wildman–Crippen MR) is 65.4 cm³/mol. The summed E-state index contributed by atoms with van der Waals surface area (Å²) < 4.78 is 0. The maximum atomic E-state index is 11.8. The maximum absolute atomic E-state index is 11.8. The third kappa shape index (κ3) is 2.22. The van der Waals surface area contributed by atoms with Gasteiger partial charge in [-0.3, -0.25) is 4.79 Å². The summed E-state index contributed by atoms with van der Waals surface area (Å²) in [5.41, 5.74) is 1.20. The number of likely N-dealkylation sites (tertiary alicyclic amines) is 1. The van der Waals surface area contributed by atoms with E-state index in [4.69, 9.17) is 11.6 Å². The van der Waals surface area contributed by atoms with Gasteiger partial charge >= 0.3 is 0 Å². The van der Waals surface area contributed by atoms with Gasteiger partial charge in [-0.2, -0.15) is 0 Å². The van der Waals surface area contributed by atoms with Crippen LogP contribution in [-0.2, 0) is 4.79 Å². The minimum atomic E-state index is -0.0229. The van der Waals surface area contributed by atoms with Crippen LogP contribution in [0.15, 0.2) is 30.3 Å². The molecule has 0 N–H and O–H groups in total. The highest BCUT2D eigenvalue weighted by atomic mass is 35.5. The average Bonchev–Trinajstić information content (AvgIpc) is 2.61. The van der Waals surface area contributed by atoms with Crippen molar-refractivity contribution in [1.29, 1.82) is 0 Å². The highest BCUT2D eigenvalue weighted by Crippen LogP contribution is 2.30. The first-order valence-corrected chi connectivity index (χ1v) is 6.14. The summed E-state index contributed by atoms with van der Waals surface area (Å²) in [7, 11) is 0. The van der Waals surface area contributed by atoms with E-state index in [-0.39, 0.29) is 17.3 Å². The Kier molecular flexibility index (Phi) is 3.49. The van der Waals surface area contributed by atoms with Crippen molar-refractivity contribution in [3.05, 3.63) is 35.9 Å².